The number of hydrogen-bond acceptors (Lipinski definition) is 4. The molecule has 1 amide bonds. The van der Waals surface area contributed by atoms with Crippen molar-refractivity contribution in [1.82, 2.24) is 15.0 Å². The first-order valence-corrected chi connectivity index (χ1v) is 4.76. The summed E-state index contributed by atoms with van der Waals surface area (Å²) in [6.07, 6.45) is 1.94. The Hall–Kier alpha value is -1.39. The number of amides is 1. The van der Waals surface area contributed by atoms with Crippen LogP contribution in [0.25, 0.3) is 0 Å². The maximum atomic E-state index is 11.3. The van der Waals surface area contributed by atoms with Gasteiger partial charge in [-0.1, -0.05) is 5.16 Å². The molecule has 0 spiro atoms. The van der Waals surface area contributed by atoms with E-state index < -0.39 is 0 Å². The van der Waals surface area contributed by atoms with Gasteiger partial charge in [-0.05, 0) is 12.8 Å². The predicted octanol–water partition coefficient (Wildman–Crippen LogP) is 1.06. The number of rotatable bonds is 1. The Morgan fingerprint density at radius 2 is 2.43 bits per heavy atom. The van der Waals surface area contributed by atoms with Crippen molar-refractivity contribution in [2.45, 2.75) is 32.7 Å². The summed E-state index contributed by atoms with van der Waals surface area (Å²) >= 11 is 0. The van der Waals surface area contributed by atoms with E-state index in [4.69, 9.17) is 4.52 Å². The first-order valence-electron chi connectivity index (χ1n) is 4.76. The molecule has 0 bridgehead atoms. The van der Waals surface area contributed by atoms with E-state index in [2.05, 4.69) is 10.1 Å². The van der Waals surface area contributed by atoms with Gasteiger partial charge in [0.2, 0.25) is 11.8 Å². The smallest absolute Gasteiger partial charge is 0.223 e. The molecule has 5 nitrogen and oxygen atoms in total. The SMILES string of the molecule is CC(=O)N1CCCC1c1noc(C)n1. The molecule has 1 aromatic rings. The summed E-state index contributed by atoms with van der Waals surface area (Å²) in [4.78, 5) is 17.2. The third-order valence-electron chi connectivity index (χ3n) is 2.50. The fourth-order valence-electron chi connectivity index (χ4n) is 1.86. The zero-order valence-corrected chi connectivity index (χ0v) is 8.36. The number of likely N-dealkylation sites (tertiary alicyclic amines) is 1. The second-order valence-corrected chi connectivity index (χ2v) is 3.54. The van der Waals surface area contributed by atoms with Crippen LogP contribution in [0, 0.1) is 6.92 Å². The molecule has 0 radical (unpaired) electrons. The molecule has 2 heterocycles. The van der Waals surface area contributed by atoms with Crippen LogP contribution in [-0.2, 0) is 4.79 Å². The van der Waals surface area contributed by atoms with E-state index in [0.717, 1.165) is 19.4 Å². The molecule has 1 aromatic heterocycles. The Morgan fingerprint density at radius 1 is 1.64 bits per heavy atom. The second kappa shape index (κ2) is 3.40. The van der Waals surface area contributed by atoms with Crippen LogP contribution in [0.4, 0.5) is 0 Å². The minimum absolute atomic E-state index is 0.0185. The van der Waals surface area contributed by atoms with Crippen LogP contribution in [0.1, 0.15) is 37.5 Å². The van der Waals surface area contributed by atoms with Gasteiger partial charge in [-0.3, -0.25) is 4.79 Å². The first kappa shape index (κ1) is 9.18. The molecule has 1 aliphatic heterocycles. The molecule has 0 aliphatic carbocycles. The number of carbonyl (C=O) groups excluding carboxylic acids is 1. The van der Waals surface area contributed by atoms with Crippen molar-refractivity contribution in [3.8, 4) is 0 Å². The molecule has 5 heteroatoms. The van der Waals surface area contributed by atoms with E-state index in [1.807, 2.05) is 0 Å². The van der Waals surface area contributed by atoms with E-state index in [9.17, 15) is 4.79 Å². The lowest BCUT2D eigenvalue weighted by Gasteiger charge is -2.19. The minimum Gasteiger partial charge on any atom is -0.340 e. The Labute approximate surface area is 82.1 Å². The fraction of sp³-hybridized carbons (Fsp3) is 0.667. The zero-order valence-electron chi connectivity index (χ0n) is 8.36. The van der Waals surface area contributed by atoms with Gasteiger partial charge in [0, 0.05) is 20.4 Å². The normalized spacial score (nSPS) is 21.6. The molecule has 1 fully saturated rings. The number of nitrogens with zero attached hydrogens (tertiary/aromatic N) is 3. The average molecular weight is 195 g/mol. The van der Waals surface area contributed by atoms with Gasteiger partial charge in [-0.15, -0.1) is 0 Å². The van der Waals surface area contributed by atoms with Crippen LogP contribution in [-0.4, -0.2) is 27.5 Å². The third-order valence-corrected chi connectivity index (χ3v) is 2.50. The van der Waals surface area contributed by atoms with E-state index >= 15 is 0 Å². The van der Waals surface area contributed by atoms with Crippen molar-refractivity contribution in [2.75, 3.05) is 6.54 Å². The van der Waals surface area contributed by atoms with Crippen LogP contribution < -0.4 is 0 Å². The Bertz CT molecular complexity index is 348. The molecule has 1 aliphatic rings. The van der Waals surface area contributed by atoms with Gasteiger partial charge in [-0.25, -0.2) is 0 Å². The lowest BCUT2D eigenvalue weighted by Crippen LogP contribution is -2.28. The highest BCUT2D eigenvalue weighted by atomic mass is 16.5. The van der Waals surface area contributed by atoms with Gasteiger partial charge >= 0.3 is 0 Å². The Morgan fingerprint density at radius 3 is 3.00 bits per heavy atom. The minimum atomic E-state index is 0.0185. The lowest BCUT2D eigenvalue weighted by molar-refractivity contribution is -0.129. The monoisotopic (exact) mass is 195 g/mol. The molecule has 0 saturated carbocycles. The second-order valence-electron chi connectivity index (χ2n) is 3.54. The first-order chi connectivity index (χ1) is 6.68. The van der Waals surface area contributed by atoms with Crippen molar-refractivity contribution >= 4 is 5.91 Å². The van der Waals surface area contributed by atoms with Crippen LogP contribution in [0.15, 0.2) is 4.52 Å². The van der Waals surface area contributed by atoms with Gasteiger partial charge in [0.25, 0.3) is 0 Å². The van der Waals surface area contributed by atoms with E-state index in [1.165, 1.54) is 0 Å². The van der Waals surface area contributed by atoms with Crippen LogP contribution in [0.5, 0.6) is 0 Å². The van der Waals surface area contributed by atoms with E-state index in [1.54, 1.807) is 18.7 Å². The number of carbonyl (C=O) groups is 1. The van der Waals surface area contributed by atoms with Crippen LogP contribution in [0.2, 0.25) is 0 Å². The molecule has 76 valence electrons. The maximum Gasteiger partial charge on any atom is 0.223 e. The number of aromatic nitrogens is 2. The van der Waals surface area contributed by atoms with Crippen molar-refractivity contribution < 1.29 is 9.32 Å². The van der Waals surface area contributed by atoms with Gasteiger partial charge in [0.1, 0.15) is 0 Å². The van der Waals surface area contributed by atoms with E-state index in [0.29, 0.717) is 11.7 Å². The van der Waals surface area contributed by atoms with Crippen LogP contribution in [0.3, 0.4) is 0 Å². The molecule has 2 rings (SSSR count). The molecule has 1 unspecified atom stereocenters. The Balaban J connectivity index is 2.21. The predicted molar refractivity (Wildman–Crippen MR) is 48.4 cm³/mol. The van der Waals surface area contributed by atoms with Gasteiger partial charge < -0.3 is 9.42 Å². The standard InChI is InChI=1S/C9H13N3O2/c1-6-10-9(11-14-6)8-4-3-5-12(8)7(2)13/h8H,3-5H2,1-2H3. The highest BCUT2D eigenvalue weighted by molar-refractivity contribution is 5.74. The average Bonchev–Trinajstić information content (AvgIpc) is 2.70. The maximum absolute atomic E-state index is 11.3. The van der Waals surface area contributed by atoms with Gasteiger partial charge in [0.05, 0.1) is 6.04 Å². The summed E-state index contributed by atoms with van der Waals surface area (Å²) in [5.74, 6) is 1.26. The topological polar surface area (TPSA) is 59.2 Å². The van der Waals surface area contributed by atoms with Gasteiger partial charge in [-0.2, -0.15) is 4.98 Å². The van der Waals surface area contributed by atoms with Crippen molar-refractivity contribution in [3.05, 3.63) is 11.7 Å². The van der Waals surface area contributed by atoms with Gasteiger partial charge in [0.15, 0.2) is 5.82 Å². The summed E-state index contributed by atoms with van der Waals surface area (Å²) in [5.41, 5.74) is 0. The zero-order chi connectivity index (χ0) is 10.1. The van der Waals surface area contributed by atoms with E-state index in [-0.39, 0.29) is 11.9 Å². The summed E-state index contributed by atoms with van der Waals surface area (Å²) in [7, 11) is 0. The summed E-state index contributed by atoms with van der Waals surface area (Å²) in [6.45, 7) is 4.13. The highest BCUT2D eigenvalue weighted by Gasteiger charge is 2.31. The fourth-order valence-corrected chi connectivity index (χ4v) is 1.86. The largest absolute Gasteiger partial charge is 0.340 e. The molecule has 1 saturated heterocycles. The highest BCUT2D eigenvalue weighted by Crippen LogP contribution is 2.29. The lowest BCUT2D eigenvalue weighted by atomic mass is 10.2. The van der Waals surface area contributed by atoms with Crippen molar-refractivity contribution in [3.63, 3.8) is 0 Å². The molecular weight excluding hydrogens is 182 g/mol. The summed E-state index contributed by atoms with van der Waals surface area (Å²) in [5, 5.41) is 3.85. The summed E-state index contributed by atoms with van der Waals surface area (Å²) in [6, 6.07) is 0.0185. The molecule has 0 N–H and O–H groups in total. The van der Waals surface area contributed by atoms with Crippen molar-refractivity contribution in [2.24, 2.45) is 0 Å². The quantitative estimate of drug-likeness (QED) is 0.672. The number of aryl methyl sites for hydroxylation is 1. The molecule has 1 atom stereocenters. The number of hydrogen-bond donors (Lipinski definition) is 0. The third kappa shape index (κ3) is 1.49. The Kier molecular flexibility index (Phi) is 2.23. The van der Waals surface area contributed by atoms with Crippen molar-refractivity contribution in [1.29, 1.82) is 0 Å². The van der Waals surface area contributed by atoms with Crippen LogP contribution >= 0.6 is 0 Å². The summed E-state index contributed by atoms with van der Waals surface area (Å²) < 4.78 is 4.91. The molecule has 14 heavy (non-hydrogen) atoms. The molecular formula is C9H13N3O2. The molecule has 0 aromatic carbocycles.